The minimum Gasteiger partial charge on any atom is -0.448 e. The van der Waals surface area contributed by atoms with Gasteiger partial charge in [0.25, 0.3) is 0 Å². The van der Waals surface area contributed by atoms with Crippen molar-refractivity contribution in [1.29, 1.82) is 0 Å². The Hall–Kier alpha value is -1.95. The third-order valence-electron chi connectivity index (χ3n) is 10.9. The van der Waals surface area contributed by atoms with Crippen LogP contribution in [0.5, 0.6) is 0 Å². The monoisotopic (exact) mass is 549 g/mol. The largest absolute Gasteiger partial charge is 0.448 e. The average Bonchev–Trinajstić information content (AvgIpc) is 3.46. The Bertz CT molecular complexity index is 1140. The number of oxazole rings is 1. The summed E-state index contributed by atoms with van der Waals surface area (Å²) < 4.78 is 5.88. The lowest BCUT2D eigenvalue weighted by molar-refractivity contribution is 0.0862. The Kier molecular flexibility index (Phi) is 8.94. The Morgan fingerprint density at radius 1 is 1.15 bits per heavy atom. The third-order valence-corrected chi connectivity index (χ3v) is 10.9. The maximum Gasteiger partial charge on any atom is 0.203 e. The van der Waals surface area contributed by atoms with Gasteiger partial charge in [0.15, 0.2) is 0 Å². The number of aromatic nitrogens is 1. The highest BCUT2D eigenvalue weighted by Crippen LogP contribution is 2.60. The Balaban J connectivity index is 1.24. The minimum atomic E-state index is -0.643. The first-order valence-corrected chi connectivity index (χ1v) is 15.9. The fraction of sp³-hybridized carbons (Fsp3) is 0.686. The SMILES string of the molecule is C=C1C(=CC=C2CCC[C@]3(C)[C@@H]([C@H](C)C=CC(O)C4(c5nc(CCCCC)co5)CC4)CC[C@@H]23)CC(O)CC1O. The van der Waals surface area contributed by atoms with Crippen molar-refractivity contribution in [2.24, 2.45) is 23.2 Å². The molecule has 0 aromatic carbocycles. The first kappa shape index (κ1) is 29.5. The zero-order valence-electron chi connectivity index (χ0n) is 24.9. The highest BCUT2D eigenvalue weighted by Gasteiger charge is 2.54. The van der Waals surface area contributed by atoms with Gasteiger partial charge in [0, 0.05) is 6.42 Å². The highest BCUT2D eigenvalue weighted by atomic mass is 16.3. The van der Waals surface area contributed by atoms with Gasteiger partial charge in [0.2, 0.25) is 5.89 Å². The maximum absolute atomic E-state index is 11.3. The topological polar surface area (TPSA) is 86.7 Å². The van der Waals surface area contributed by atoms with Gasteiger partial charge in [-0.3, -0.25) is 0 Å². The summed E-state index contributed by atoms with van der Waals surface area (Å²) in [5, 5.41) is 31.6. The second-order valence-corrected chi connectivity index (χ2v) is 13.6. The van der Waals surface area contributed by atoms with E-state index < -0.39 is 18.3 Å². The molecule has 0 radical (unpaired) electrons. The number of allylic oxidation sites excluding steroid dienone is 4. The fourth-order valence-electron chi connectivity index (χ4n) is 8.18. The van der Waals surface area contributed by atoms with Crippen LogP contribution in [0.25, 0.3) is 0 Å². The molecule has 3 N–H and O–H groups in total. The van der Waals surface area contributed by atoms with E-state index in [1.807, 2.05) is 6.08 Å². The van der Waals surface area contributed by atoms with Crippen molar-refractivity contribution in [3.05, 3.63) is 65.5 Å². The number of unbranched alkanes of at least 4 members (excludes halogenated alkanes) is 2. The number of aryl methyl sites for hydroxylation is 1. The van der Waals surface area contributed by atoms with Gasteiger partial charge in [-0.25, -0.2) is 4.98 Å². The quantitative estimate of drug-likeness (QED) is 0.213. The molecule has 1 heterocycles. The standard InChI is InChI=1S/C35H51NO4/c1-5-6-7-10-27-22-40-33(36-27)35(18-19-35)32(39)16-11-23(2)29-14-15-30-25(9-8-17-34(29,30)4)12-13-26-20-28(37)21-31(38)24(26)3/h11-13,16,22-23,28-32,37-39H,3,5-10,14-15,17-21H2,1-2,4H3/t23-,28?,29-,30+,31?,32?,34-/m1/s1. The molecule has 7 atom stereocenters. The first-order valence-electron chi connectivity index (χ1n) is 15.9. The van der Waals surface area contributed by atoms with Crippen LogP contribution in [0.2, 0.25) is 0 Å². The molecule has 4 saturated carbocycles. The van der Waals surface area contributed by atoms with Crippen molar-refractivity contribution < 1.29 is 19.7 Å². The van der Waals surface area contributed by atoms with Crippen LogP contribution in [0.15, 0.2) is 58.3 Å². The highest BCUT2D eigenvalue weighted by molar-refractivity contribution is 5.38. The van der Waals surface area contributed by atoms with E-state index in [0.717, 1.165) is 48.9 Å². The summed E-state index contributed by atoms with van der Waals surface area (Å²) in [6.07, 6.45) is 22.0. The Morgan fingerprint density at radius 3 is 2.70 bits per heavy atom. The number of aliphatic hydroxyl groups excluding tert-OH is 3. The molecule has 0 saturated heterocycles. The second-order valence-electron chi connectivity index (χ2n) is 13.6. The molecule has 5 nitrogen and oxygen atoms in total. The van der Waals surface area contributed by atoms with Crippen LogP contribution in [0.1, 0.15) is 109 Å². The van der Waals surface area contributed by atoms with Gasteiger partial charge in [-0.05, 0) is 98.5 Å². The summed E-state index contributed by atoms with van der Waals surface area (Å²) in [4.78, 5) is 4.77. The van der Waals surface area contributed by atoms with Gasteiger partial charge in [-0.1, -0.05) is 70.1 Å². The van der Waals surface area contributed by atoms with Crippen molar-refractivity contribution in [3.8, 4) is 0 Å². The average molecular weight is 550 g/mol. The summed E-state index contributed by atoms with van der Waals surface area (Å²) >= 11 is 0. The molecule has 4 fully saturated rings. The fourth-order valence-corrected chi connectivity index (χ4v) is 8.18. The van der Waals surface area contributed by atoms with Gasteiger partial charge in [0.05, 0.1) is 29.4 Å². The van der Waals surface area contributed by atoms with E-state index in [0.29, 0.717) is 36.5 Å². The van der Waals surface area contributed by atoms with Crippen molar-refractivity contribution in [2.45, 2.75) is 128 Å². The summed E-state index contributed by atoms with van der Waals surface area (Å²) in [6.45, 7) is 11.1. The second kappa shape index (κ2) is 12.1. The molecule has 5 heteroatoms. The molecular formula is C35H51NO4. The van der Waals surface area contributed by atoms with Crippen molar-refractivity contribution in [2.75, 3.05) is 0 Å². The van der Waals surface area contributed by atoms with E-state index in [9.17, 15) is 15.3 Å². The zero-order chi connectivity index (χ0) is 28.5. The van der Waals surface area contributed by atoms with E-state index in [-0.39, 0.29) is 10.8 Å². The molecule has 3 unspecified atom stereocenters. The zero-order valence-corrected chi connectivity index (χ0v) is 24.9. The minimum absolute atomic E-state index is 0.243. The lowest BCUT2D eigenvalue weighted by atomic mass is 9.61. The molecule has 40 heavy (non-hydrogen) atoms. The van der Waals surface area contributed by atoms with Gasteiger partial charge in [0.1, 0.15) is 6.26 Å². The van der Waals surface area contributed by atoms with Gasteiger partial charge in [-0.15, -0.1) is 0 Å². The van der Waals surface area contributed by atoms with Crippen LogP contribution >= 0.6 is 0 Å². The first-order chi connectivity index (χ1) is 19.2. The van der Waals surface area contributed by atoms with Crippen LogP contribution in [-0.4, -0.2) is 38.6 Å². The number of hydrogen-bond acceptors (Lipinski definition) is 5. The molecule has 0 amide bonds. The van der Waals surface area contributed by atoms with Crippen LogP contribution in [-0.2, 0) is 11.8 Å². The molecule has 1 aromatic heterocycles. The van der Waals surface area contributed by atoms with E-state index in [1.54, 1.807) is 6.26 Å². The lowest BCUT2D eigenvalue weighted by Crippen LogP contribution is -2.35. The summed E-state index contributed by atoms with van der Waals surface area (Å²) in [6, 6.07) is 0. The Labute approximate surface area is 241 Å². The normalized spacial score (nSPS) is 35.4. The summed E-state index contributed by atoms with van der Waals surface area (Å²) in [7, 11) is 0. The van der Waals surface area contributed by atoms with Crippen LogP contribution < -0.4 is 0 Å². The van der Waals surface area contributed by atoms with E-state index >= 15 is 0 Å². The number of fused-ring (bicyclic) bond motifs is 1. The van der Waals surface area contributed by atoms with E-state index in [1.165, 1.54) is 44.1 Å². The predicted octanol–water partition coefficient (Wildman–Crippen LogP) is 7.13. The van der Waals surface area contributed by atoms with Crippen molar-refractivity contribution in [1.82, 2.24) is 4.98 Å². The molecule has 220 valence electrons. The number of nitrogens with zero attached hydrogens (tertiary/aromatic N) is 1. The smallest absolute Gasteiger partial charge is 0.203 e. The number of aliphatic hydroxyl groups is 3. The number of hydrogen-bond donors (Lipinski definition) is 3. The van der Waals surface area contributed by atoms with Gasteiger partial charge in [-0.2, -0.15) is 0 Å². The molecule has 1 aromatic rings. The lowest BCUT2D eigenvalue weighted by Gasteiger charge is -2.44. The predicted molar refractivity (Wildman–Crippen MR) is 160 cm³/mol. The molecule has 5 rings (SSSR count). The Morgan fingerprint density at radius 2 is 1.95 bits per heavy atom. The van der Waals surface area contributed by atoms with Crippen LogP contribution in [0, 0.1) is 23.2 Å². The van der Waals surface area contributed by atoms with Crippen molar-refractivity contribution >= 4 is 0 Å². The molecule has 0 spiro atoms. The van der Waals surface area contributed by atoms with Crippen LogP contribution in [0.3, 0.4) is 0 Å². The van der Waals surface area contributed by atoms with Gasteiger partial charge < -0.3 is 19.7 Å². The van der Waals surface area contributed by atoms with E-state index in [4.69, 9.17) is 9.40 Å². The molecule has 4 aliphatic carbocycles. The third kappa shape index (κ3) is 5.84. The van der Waals surface area contributed by atoms with Crippen LogP contribution in [0.4, 0.5) is 0 Å². The molecule has 0 bridgehead atoms. The van der Waals surface area contributed by atoms with E-state index in [2.05, 4.69) is 45.6 Å². The van der Waals surface area contributed by atoms with Crippen molar-refractivity contribution in [3.63, 3.8) is 0 Å². The molecule has 4 aliphatic rings. The molecule has 0 aliphatic heterocycles. The maximum atomic E-state index is 11.3. The summed E-state index contributed by atoms with van der Waals surface area (Å²) in [5.74, 6) is 2.24. The molecular weight excluding hydrogens is 498 g/mol. The van der Waals surface area contributed by atoms with Gasteiger partial charge >= 0.3 is 0 Å². The number of rotatable bonds is 10. The summed E-state index contributed by atoms with van der Waals surface area (Å²) in [5.41, 5.74) is 4.17.